The SMILES string of the molecule is CN1C(=O)N(c2ccccc2)[C@@H](NC(=O)Nc2ccc(Cl)cc2)C1(C)C. The molecule has 0 unspecified atom stereocenters. The van der Waals surface area contributed by atoms with Crippen LogP contribution in [0.25, 0.3) is 0 Å². The third kappa shape index (κ3) is 3.32. The molecule has 2 aromatic rings. The number of para-hydroxylation sites is 1. The van der Waals surface area contributed by atoms with Gasteiger partial charge in [0.25, 0.3) is 0 Å². The van der Waals surface area contributed by atoms with Gasteiger partial charge in [-0.1, -0.05) is 29.8 Å². The van der Waals surface area contributed by atoms with Crippen LogP contribution in [0, 0.1) is 0 Å². The van der Waals surface area contributed by atoms with E-state index in [9.17, 15) is 9.59 Å². The van der Waals surface area contributed by atoms with E-state index in [2.05, 4.69) is 10.6 Å². The molecule has 0 saturated carbocycles. The molecule has 0 bridgehead atoms. The van der Waals surface area contributed by atoms with E-state index < -0.39 is 17.7 Å². The lowest BCUT2D eigenvalue weighted by atomic mass is 10.0. The van der Waals surface area contributed by atoms with Crippen molar-refractivity contribution in [3.8, 4) is 0 Å². The quantitative estimate of drug-likeness (QED) is 0.850. The van der Waals surface area contributed by atoms with Gasteiger partial charge >= 0.3 is 12.1 Å². The fourth-order valence-corrected chi connectivity index (χ4v) is 3.06. The highest BCUT2D eigenvalue weighted by atomic mass is 35.5. The third-order valence-electron chi connectivity index (χ3n) is 4.69. The van der Waals surface area contributed by atoms with Crippen LogP contribution in [-0.4, -0.2) is 35.7 Å². The Kier molecular flexibility index (Phi) is 4.78. The number of carbonyl (C=O) groups excluding carboxylic acids is 2. The number of benzene rings is 2. The first-order chi connectivity index (χ1) is 12.3. The Morgan fingerprint density at radius 3 is 2.31 bits per heavy atom. The molecule has 136 valence electrons. The molecule has 1 atom stereocenters. The monoisotopic (exact) mass is 372 g/mol. The summed E-state index contributed by atoms with van der Waals surface area (Å²) >= 11 is 5.86. The molecule has 6 nitrogen and oxygen atoms in total. The average Bonchev–Trinajstić information content (AvgIpc) is 2.78. The second kappa shape index (κ2) is 6.88. The lowest BCUT2D eigenvalue weighted by Crippen LogP contribution is -2.56. The van der Waals surface area contributed by atoms with E-state index in [0.29, 0.717) is 10.7 Å². The van der Waals surface area contributed by atoms with Gasteiger partial charge in [0.1, 0.15) is 6.17 Å². The number of amides is 4. The van der Waals surface area contributed by atoms with Gasteiger partial charge in [0.2, 0.25) is 0 Å². The molecule has 2 aromatic carbocycles. The van der Waals surface area contributed by atoms with Gasteiger partial charge in [0, 0.05) is 23.4 Å². The fraction of sp³-hybridized carbons (Fsp3) is 0.263. The van der Waals surface area contributed by atoms with Gasteiger partial charge < -0.3 is 15.5 Å². The minimum absolute atomic E-state index is 0.169. The standard InChI is InChI=1S/C19H21ClN4O2/c1-19(2)16(22-17(25)21-14-11-9-13(20)10-12-14)24(18(26)23(19)3)15-7-5-4-6-8-15/h4-12,16H,1-3H3,(H2,21,22,25)/t16-/m1/s1. The van der Waals surface area contributed by atoms with Gasteiger partial charge in [-0.25, -0.2) is 9.59 Å². The largest absolute Gasteiger partial charge is 0.326 e. The van der Waals surface area contributed by atoms with Crippen LogP contribution in [0.15, 0.2) is 54.6 Å². The molecular formula is C19H21ClN4O2. The summed E-state index contributed by atoms with van der Waals surface area (Å²) in [6.45, 7) is 3.84. The highest BCUT2D eigenvalue weighted by Gasteiger charge is 2.51. The summed E-state index contributed by atoms with van der Waals surface area (Å²) in [5.41, 5.74) is 0.755. The van der Waals surface area contributed by atoms with Crippen LogP contribution in [0.1, 0.15) is 13.8 Å². The van der Waals surface area contributed by atoms with Gasteiger partial charge in [-0.2, -0.15) is 0 Å². The Balaban J connectivity index is 1.83. The lowest BCUT2D eigenvalue weighted by molar-refractivity contribution is 0.180. The highest BCUT2D eigenvalue weighted by molar-refractivity contribution is 6.30. The maximum atomic E-state index is 12.8. The number of urea groups is 2. The molecule has 2 N–H and O–H groups in total. The van der Waals surface area contributed by atoms with Crippen LogP contribution in [0.2, 0.25) is 5.02 Å². The Morgan fingerprint density at radius 2 is 1.69 bits per heavy atom. The topological polar surface area (TPSA) is 64.7 Å². The molecule has 0 radical (unpaired) electrons. The second-order valence-corrected chi connectivity index (χ2v) is 7.15. The van der Waals surface area contributed by atoms with Crippen LogP contribution in [0.4, 0.5) is 21.0 Å². The van der Waals surface area contributed by atoms with E-state index in [-0.39, 0.29) is 6.03 Å². The zero-order valence-electron chi connectivity index (χ0n) is 14.9. The molecule has 1 aliphatic rings. The van der Waals surface area contributed by atoms with Crippen LogP contribution in [0.3, 0.4) is 0 Å². The van der Waals surface area contributed by atoms with Crippen molar-refractivity contribution >= 4 is 35.0 Å². The minimum Gasteiger partial charge on any atom is -0.318 e. The number of likely N-dealkylation sites (N-methyl/N-ethyl adjacent to an activating group) is 1. The summed E-state index contributed by atoms with van der Waals surface area (Å²) in [4.78, 5) is 28.5. The molecule has 0 spiro atoms. The molecule has 4 amide bonds. The van der Waals surface area contributed by atoms with Crippen molar-refractivity contribution in [1.29, 1.82) is 0 Å². The summed E-state index contributed by atoms with van der Waals surface area (Å²) in [6.07, 6.45) is -0.533. The van der Waals surface area contributed by atoms with Crippen molar-refractivity contribution in [2.75, 3.05) is 17.3 Å². The Labute approximate surface area is 157 Å². The van der Waals surface area contributed by atoms with E-state index in [4.69, 9.17) is 11.6 Å². The number of nitrogens with one attached hydrogen (secondary N) is 2. The van der Waals surface area contributed by atoms with E-state index in [0.717, 1.165) is 5.69 Å². The van der Waals surface area contributed by atoms with E-state index in [1.54, 1.807) is 41.1 Å². The average molecular weight is 373 g/mol. The molecule has 7 heteroatoms. The summed E-state index contributed by atoms with van der Waals surface area (Å²) in [5, 5.41) is 6.29. The van der Waals surface area contributed by atoms with Gasteiger partial charge in [0.05, 0.1) is 5.54 Å². The van der Waals surface area contributed by atoms with E-state index in [1.807, 2.05) is 44.2 Å². The van der Waals surface area contributed by atoms with Crippen molar-refractivity contribution in [2.45, 2.75) is 25.6 Å². The molecule has 0 aromatic heterocycles. The Hall–Kier alpha value is -2.73. The van der Waals surface area contributed by atoms with Crippen molar-refractivity contribution in [3.63, 3.8) is 0 Å². The molecule has 3 rings (SSSR count). The first kappa shape index (κ1) is 18.1. The van der Waals surface area contributed by atoms with Gasteiger partial charge in [-0.05, 0) is 50.2 Å². The summed E-state index contributed by atoms with van der Waals surface area (Å²) in [7, 11) is 1.73. The Morgan fingerprint density at radius 1 is 1.08 bits per heavy atom. The van der Waals surface area contributed by atoms with Crippen molar-refractivity contribution in [1.82, 2.24) is 10.2 Å². The second-order valence-electron chi connectivity index (χ2n) is 6.71. The van der Waals surface area contributed by atoms with Crippen LogP contribution in [-0.2, 0) is 0 Å². The lowest BCUT2D eigenvalue weighted by Gasteiger charge is -2.33. The van der Waals surface area contributed by atoms with E-state index >= 15 is 0 Å². The van der Waals surface area contributed by atoms with E-state index in [1.165, 1.54) is 0 Å². The number of anilines is 2. The number of rotatable bonds is 3. The predicted molar refractivity (Wildman–Crippen MR) is 104 cm³/mol. The normalized spacial score (nSPS) is 18.8. The summed E-state index contributed by atoms with van der Waals surface area (Å²) < 4.78 is 0. The summed E-state index contributed by atoms with van der Waals surface area (Å²) in [5.74, 6) is 0. The fourth-order valence-electron chi connectivity index (χ4n) is 2.93. The van der Waals surface area contributed by atoms with Crippen LogP contribution >= 0.6 is 11.6 Å². The highest BCUT2D eigenvalue weighted by Crippen LogP contribution is 2.33. The molecule has 1 saturated heterocycles. The molecular weight excluding hydrogens is 352 g/mol. The predicted octanol–water partition coefficient (Wildman–Crippen LogP) is 4.14. The molecule has 1 heterocycles. The first-order valence-corrected chi connectivity index (χ1v) is 8.63. The molecule has 26 heavy (non-hydrogen) atoms. The maximum Gasteiger partial charge on any atom is 0.326 e. The van der Waals surface area contributed by atoms with Gasteiger partial charge in [-0.3, -0.25) is 4.90 Å². The summed E-state index contributed by atoms with van der Waals surface area (Å²) in [6, 6.07) is 15.6. The van der Waals surface area contributed by atoms with Crippen molar-refractivity contribution < 1.29 is 9.59 Å². The zero-order valence-corrected chi connectivity index (χ0v) is 15.6. The van der Waals surface area contributed by atoms with Crippen molar-refractivity contribution in [2.24, 2.45) is 0 Å². The molecule has 0 aliphatic carbocycles. The maximum absolute atomic E-state index is 12.8. The first-order valence-electron chi connectivity index (χ1n) is 8.26. The van der Waals surface area contributed by atoms with Crippen molar-refractivity contribution in [3.05, 3.63) is 59.6 Å². The van der Waals surface area contributed by atoms with Gasteiger partial charge in [-0.15, -0.1) is 0 Å². The number of hydrogen-bond donors (Lipinski definition) is 2. The molecule has 1 aliphatic heterocycles. The molecule has 1 fully saturated rings. The number of nitrogens with zero attached hydrogens (tertiary/aromatic N) is 2. The van der Waals surface area contributed by atoms with Crippen LogP contribution < -0.4 is 15.5 Å². The number of hydrogen-bond acceptors (Lipinski definition) is 2. The third-order valence-corrected chi connectivity index (χ3v) is 4.94. The zero-order chi connectivity index (χ0) is 18.9. The smallest absolute Gasteiger partial charge is 0.318 e. The number of carbonyl (C=O) groups is 2. The Bertz CT molecular complexity index is 808. The van der Waals surface area contributed by atoms with Crippen LogP contribution in [0.5, 0.6) is 0 Å². The van der Waals surface area contributed by atoms with Gasteiger partial charge in [0.15, 0.2) is 0 Å². The minimum atomic E-state index is -0.593. The number of halogens is 1.